The number of nitrogens with two attached hydrogens (primary N) is 1. The number of hydrogen-bond donors (Lipinski definition) is 3. The molecule has 0 unspecified atom stereocenters. The molecular formula is C23H26ClN5O2. The van der Waals surface area contributed by atoms with Crippen LogP contribution < -0.4 is 21.9 Å². The highest BCUT2D eigenvalue weighted by molar-refractivity contribution is 6.35. The Morgan fingerprint density at radius 1 is 1.19 bits per heavy atom. The van der Waals surface area contributed by atoms with Crippen molar-refractivity contribution in [2.75, 3.05) is 5.32 Å². The van der Waals surface area contributed by atoms with Gasteiger partial charge in [0.1, 0.15) is 5.82 Å². The molecule has 1 saturated carbocycles. The van der Waals surface area contributed by atoms with Crippen LogP contribution in [0.25, 0.3) is 16.6 Å². The first-order chi connectivity index (χ1) is 14.9. The quantitative estimate of drug-likeness (QED) is 0.556. The number of anilines is 1. The van der Waals surface area contributed by atoms with Gasteiger partial charge < -0.3 is 16.4 Å². The SMILES string of the molecule is C[C@H](N)c1nc2cccc(Cl)c2c(=O)n1-c1cccc(NC(=O)NC2CCCCC2)c1. The maximum absolute atomic E-state index is 13.4. The maximum atomic E-state index is 13.4. The van der Waals surface area contributed by atoms with Crippen LogP contribution in [-0.2, 0) is 0 Å². The highest BCUT2D eigenvalue weighted by atomic mass is 35.5. The Labute approximate surface area is 185 Å². The fourth-order valence-electron chi connectivity index (χ4n) is 4.08. The molecule has 4 rings (SSSR count). The molecule has 1 fully saturated rings. The van der Waals surface area contributed by atoms with Crippen LogP contribution in [0.2, 0.25) is 5.02 Å². The molecule has 0 saturated heterocycles. The third-order valence-corrected chi connectivity index (χ3v) is 5.90. The number of nitrogens with one attached hydrogen (secondary N) is 2. The molecule has 3 aromatic rings. The van der Waals surface area contributed by atoms with E-state index in [1.165, 1.54) is 11.0 Å². The van der Waals surface area contributed by atoms with Gasteiger partial charge in [-0.3, -0.25) is 9.36 Å². The van der Waals surface area contributed by atoms with Crippen molar-refractivity contribution in [3.05, 3.63) is 63.7 Å². The van der Waals surface area contributed by atoms with Gasteiger partial charge in [-0.1, -0.05) is 43.0 Å². The first kappa shape index (κ1) is 21.3. The summed E-state index contributed by atoms with van der Waals surface area (Å²) < 4.78 is 1.46. The summed E-state index contributed by atoms with van der Waals surface area (Å²) in [5.41, 5.74) is 7.47. The van der Waals surface area contributed by atoms with Crippen molar-refractivity contribution in [3.8, 4) is 5.69 Å². The Hall–Kier alpha value is -2.90. The number of carbonyl (C=O) groups is 1. The van der Waals surface area contributed by atoms with Crippen LogP contribution in [0.1, 0.15) is 50.9 Å². The molecule has 31 heavy (non-hydrogen) atoms. The zero-order valence-electron chi connectivity index (χ0n) is 17.4. The third-order valence-electron chi connectivity index (χ3n) is 5.58. The molecule has 0 bridgehead atoms. The number of rotatable bonds is 4. The van der Waals surface area contributed by atoms with E-state index in [-0.39, 0.29) is 17.6 Å². The Bertz CT molecular complexity index is 1170. The van der Waals surface area contributed by atoms with E-state index in [0.29, 0.717) is 33.1 Å². The van der Waals surface area contributed by atoms with Gasteiger partial charge in [0.15, 0.2) is 0 Å². The van der Waals surface area contributed by atoms with Gasteiger partial charge in [-0.15, -0.1) is 0 Å². The van der Waals surface area contributed by atoms with Crippen molar-refractivity contribution in [3.63, 3.8) is 0 Å². The molecule has 0 radical (unpaired) electrons. The molecule has 8 heteroatoms. The van der Waals surface area contributed by atoms with E-state index in [2.05, 4.69) is 15.6 Å². The van der Waals surface area contributed by atoms with Crippen LogP contribution in [0, 0.1) is 0 Å². The number of urea groups is 1. The zero-order valence-corrected chi connectivity index (χ0v) is 18.2. The molecule has 1 aromatic heterocycles. The molecular weight excluding hydrogens is 414 g/mol. The van der Waals surface area contributed by atoms with E-state index in [9.17, 15) is 9.59 Å². The van der Waals surface area contributed by atoms with Gasteiger partial charge in [-0.05, 0) is 50.1 Å². The zero-order chi connectivity index (χ0) is 22.0. The van der Waals surface area contributed by atoms with E-state index in [0.717, 1.165) is 25.7 Å². The monoisotopic (exact) mass is 439 g/mol. The first-order valence-electron chi connectivity index (χ1n) is 10.6. The summed E-state index contributed by atoms with van der Waals surface area (Å²) in [7, 11) is 0. The minimum atomic E-state index is -0.484. The highest BCUT2D eigenvalue weighted by Gasteiger charge is 2.19. The Morgan fingerprint density at radius 2 is 1.94 bits per heavy atom. The molecule has 0 spiro atoms. The first-order valence-corrected chi connectivity index (χ1v) is 11.0. The van der Waals surface area contributed by atoms with Crippen molar-refractivity contribution in [1.82, 2.24) is 14.9 Å². The van der Waals surface area contributed by atoms with E-state index < -0.39 is 6.04 Å². The molecule has 4 N–H and O–H groups in total. The predicted molar refractivity (Wildman–Crippen MR) is 124 cm³/mol. The maximum Gasteiger partial charge on any atom is 0.319 e. The number of carbonyl (C=O) groups excluding carboxylic acids is 1. The van der Waals surface area contributed by atoms with Crippen molar-refractivity contribution < 1.29 is 4.79 Å². The summed E-state index contributed by atoms with van der Waals surface area (Å²) in [5.74, 6) is 0.420. The van der Waals surface area contributed by atoms with E-state index in [1.807, 2.05) is 0 Å². The number of aromatic nitrogens is 2. The second-order valence-corrected chi connectivity index (χ2v) is 8.42. The van der Waals surface area contributed by atoms with E-state index >= 15 is 0 Å². The smallest absolute Gasteiger partial charge is 0.319 e. The van der Waals surface area contributed by atoms with Gasteiger partial charge in [0.05, 0.1) is 27.7 Å². The molecule has 1 aliphatic rings. The standard InChI is InChI=1S/C23H26ClN5O2/c1-14(25)21-28-19-12-6-11-18(24)20(19)22(30)29(21)17-10-5-9-16(13-17)27-23(31)26-15-7-3-2-4-8-15/h5-6,9-15H,2-4,7-8,25H2,1H3,(H2,26,27,31)/t14-/m0/s1. The number of halogens is 1. The number of hydrogen-bond acceptors (Lipinski definition) is 4. The average molecular weight is 440 g/mol. The van der Waals surface area contributed by atoms with Crippen molar-refractivity contribution in [2.24, 2.45) is 5.73 Å². The van der Waals surface area contributed by atoms with Gasteiger partial charge in [0.25, 0.3) is 5.56 Å². The van der Waals surface area contributed by atoms with Gasteiger partial charge in [0, 0.05) is 11.7 Å². The van der Waals surface area contributed by atoms with Gasteiger partial charge >= 0.3 is 6.03 Å². The molecule has 162 valence electrons. The summed E-state index contributed by atoms with van der Waals surface area (Å²) in [6.07, 6.45) is 5.51. The molecule has 1 heterocycles. The normalized spacial score (nSPS) is 15.6. The lowest BCUT2D eigenvalue weighted by molar-refractivity contribution is 0.244. The van der Waals surface area contributed by atoms with Crippen molar-refractivity contribution in [2.45, 2.75) is 51.1 Å². The van der Waals surface area contributed by atoms with Gasteiger partial charge in [0.2, 0.25) is 0 Å². The summed E-state index contributed by atoms with van der Waals surface area (Å²) in [4.78, 5) is 30.4. The van der Waals surface area contributed by atoms with Crippen LogP contribution >= 0.6 is 11.6 Å². The molecule has 2 amide bonds. The Kier molecular flexibility index (Phi) is 6.25. The highest BCUT2D eigenvalue weighted by Crippen LogP contribution is 2.23. The fourth-order valence-corrected chi connectivity index (χ4v) is 4.33. The number of benzene rings is 2. The van der Waals surface area contributed by atoms with Crippen molar-refractivity contribution >= 4 is 34.2 Å². The minimum absolute atomic E-state index is 0.205. The number of amides is 2. The lowest BCUT2D eigenvalue weighted by Gasteiger charge is -2.23. The Morgan fingerprint density at radius 3 is 2.68 bits per heavy atom. The van der Waals surface area contributed by atoms with Gasteiger partial charge in [-0.2, -0.15) is 0 Å². The second-order valence-electron chi connectivity index (χ2n) is 8.02. The van der Waals surface area contributed by atoms with Crippen LogP contribution in [0.4, 0.5) is 10.5 Å². The summed E-state index contributed by atoms with van der Waals surface area (Å²) >= 11 is 6.30. The lowest BCUT2D eigenvalue weighted by atomic mass is 9.96. The van der Waals surface area contributed by atoms with Crippen molar-refractivity contribution in [1.29, 1.82) is 0 Å². The fraction of sp³-hybridized carbons (Fsp3) is 0.348. The summed E-state index contributed by atoms with van der Waals surface area (Å²) in [6, 6.07) is 11.7. The van der Waals surface area contributed by atoms with Crippen LogP contribution in [0.15, 0.2) is 47.3 Å². The molecule has 0 aliphatic heterocycles. The number of fused-ring (bicyclic) bond motifs is 1. The molecule has 2 aromatic carbocycles. The third kappa shape index (κ3) is 4.57. The summed E-state index contributed by atoms with van der Waals surface area (Å²) in [6.45, 7) is 1.77. The van der Waals surface area contributed by atoms with E-state index in [1.54, 1.807) is 49.4 Å². The summed E-state index contributed by atoms with van der Waals surface area (Å²) in [5, 5.41) is 6.57. The average Bonchev–Trinajstić information content (AvgIpc) is 2.74. The molecule has 1 atom stereocenters. The van der Waals surface area contributed by atoms with Crippen LogP contribution in [-0.4, -0.2) is 21.6 Å². The van der Waals surface area contributed by atoms with Crippen LogP contribution in [0.3, 0.4) is 0 Å². The molecule has 1 aliphatic carbocycles. The lowest BCUT2D eigenvalue weighted by Crippen LogP contribution is -2.39. The van der Waals surface area contributed by atoms with Crippen LogP contribution in [0.5, 0.6) is 0 Å². The van der Waals surface area contributed by atoms with Gasteiger partial charge in [-0.25, -0.2) is 9.78 Å². The minimum Gasteiger partial charge on any atom is -0.335 e. The Balaban J connectivity index is 1.69. The van der Waals surface area contributed by atoms with E-state index in [4.69, 9.17) is 17.3 Å². The topological polar surface area (TPSA) is 102 Å². The number of nitrogens with zero attached hydrogens (tertiary/aromatic N) is 2. The second kappa shape index (κ2) is 9.08. The molecule has 7 nitrogen and oxygen atoms in total. The predicted octanol–water partition coefficient (Wildman–Crippen LogP) is 4.51. The largest absolute Gasteiger partial charge is 0.335 e.